The van der Waals surface area contributed by atoms with Gasteiger partial charge < -0.3 is 4.74 Å². The highest BCUT2D eigenvalue weighted by molar-refractivity contribution is 14.1. The van der Waals surface area contributed by atoms with Gasteiger partial charge in [-0.3, -0.25) is 4.79 Å². The number of benzene rings is 1. The molecule has 0 aromatic heterocycles. The van der Waals surface area contributed by atoms with Crippen LogP contribution in [-0.4, -0.2) is 5.97 Å². The van der Waals surface area contributed by atoms with Crippen molar-refractivity contribution in [1.29, 1.82) is 0 Å². The van der Waals surface area contributed by atoms with E-state index < -0.39 is 0 Å². The maximum atomic E-state index is 11.1. The number of ether oxygens (including phenoxy) is 1. The summed E-state index contributed by atoms with van der Waals surface area (Å²) in [7, 11) is 0. The minimum atomic E-state index is -0.123. The zero-order chi connectivity index (χ0) is 9.42. The Labute approximate surface area is 90.4 Å². The van der Waals surface area contributed by atoms with Crippen LogP contribution < -0.4 is 4.74 Å². The van der Waals surface area contributed by atoms with Crippen molar-refractivity contribution in [2.45, 2.75) is 19.3 Å². The molecule has 1 unspecified atom stereocenters. The lowest BCUT2D eigenvalue weighted by atomic mass is 9.95. The first-order chi connectivity index (χ1) is 6.16. The molecule has 1 atom stereocenters. The number of hydrogen-bond acceptors (Lipinski definition) is 2. The summed E-state index contributed by atoms with van der Waals surface area (Å²) in [4.78, 5) is 11.1. The van der Waals surface area contributed by atoms with Crippen molar-refractivity contribution < 1.29 is 9.53 Å². The molecular formula is C10H9IO2. The first kappa shape index (κ1) is 8.99. The highest BCUT2D eigenvalue weighted by Gasteiger charge is 2.23. The predicted octanol–water partition coefficient (Wildman–Crippen LogP) is 2.70. The molecule has 0 fully saturated rings. The zero-order valence-electron chi connectivity index (χ0n) is 7.21. The number of fused-ring (bicyclic) bond motifs is 1. The molecule has 0 amide bonds. The molecule has 13 heavy (non-hydrogen) atoms. The van der Waals surface area contributed by atoms with Gasteiger partial charge in [0, 0.05) is 3.57 Å². The fraction of sp³-hybridized carbons (Fsp3) is 0.300. The van der Waals surface area contributed by atoms with Crippen LogP contribution in [0, 0.1) is 3.57 Å². The molecule has 1 aromatic rings. The molecular weight excluding hydrogens is 279 g/mol. The number of esters is 1. The van der Waals surface area contributed by atoms with Gasteiger partial charge in [0.2, 0.25) is 0 Å². The predicted molar refractivity (Wildman–Crippen MR) is 57.8 cm³/mol. The summed E-state index contributed by atoms with van der Waals surface area (Å²) in [6.45, 7) is 2.05. The van der Waals surface area contributed by atoms with Crippen molar-refractivity contribution in [2.24, 2.45) is 0 Å². The van der Waals surface area contributed by atoms with E-state index in [0.717, 1.165) is 14.9 Å². The number of carbonyl (C=O) groups is 1. The normalized spacial score (nSPS) is 20.8. The summed E-state index contributed by atoms with van der Waals surface area (Å²) in [6.07, 6.45) is 0.494. The molecule has 0 saturated carbocycles. The zero-order valence-corrected chi connectivity index (χ0v) is 9.37. The Morgan fingerprint density at radius 1 is 1.54 bits per heavy atom. The SMILES string of the molecule is CC1CC(=O)Oc2cc(I)ccc21. The molecule has 1 aliphatic heterocycles. The average molecular weight is 288 g/mol. The Bertz CT molecular complexity index is 360. The summed E-state index contributed by atoms with van der Waals surface area (Å²) < 4.78 is 6.23. The van der Waals surface area contributed by atoms with E-state index in [2.05, 4.69) is 22.6 Å². The Balaban J connectivity index is 2.49. The molecule has 0 saturated heterocycles. The van der Waals surface area contributed by atoms with Gasteiger partial charge in [0.25, 0.3) is 0 Å². The van der Waals surface area contributed by atoms with E-state index in [9.17, 15) is 4.79 Å². The maximum absolute atomic E-state index is 11.1. The van der Waals surface area contributed by atoms with Crippen molar-refractivity contribution in [3.05, 3.63) is 27.3 Å². The second-order valence-electron chi connectivity index (χ2n) is 3.26. The molecule has 2 nitrogen and oxygen atoms in total. The quantitative estimate of drug-likeness (QED) is 0.417. The molecule has 3 heteroatoms. The van der Waals surface area contributed by atoms with Crippen LogP contribution in [-0.2, 0) is 4.79 Å². The van der Waals surface area contributed by atoms with Crippen molar-refractivity contribution in [1.82, 2.24) is 0 Å². The second-order valence-corrected chi connectivity index (χ2v) is 4.51. The Morgan fingerprint density at radius 2 is 2.31 bits per heavy atom. The summed E-state index contributed by atoms with van der Waals surface area (Å²) in [5.74, 6) is 0.894. The van der Waals surface area contributed by atoms with E-state index in [1.165, 1.54) is 0 Å². The van der Waals surface area contributed by atoms with E-state index >= 15 is 0 Å². The fourth-order valence-corrected chi connectivity index (χ4v) is 1.99. The molecule has 0 bridgehead atoms. The maximum Gasteiger partial charge on any atom is 0.311 e. The van der Waals surface area contributed by atoms with Crippen molar-refractivity contribution in [3.63, 3.8) is 0 Å². The average Bonchev–Trinajstić information content (AvgIpc) is 2.02. The number of halogens is 1. The lowest BCUT2D eigenvalue weighted by Crippen LogP contribution is -2.18. The van der Waals surface area contributed by atoms with Gasteiger partial charge in [0.05, 0.1) is 6.42 Å². The summed E-state index contributed by atoms with van der Waals surface area (Å²) in [5, 5.41) is 0. The van der Waals surface area contributed by atoms with Crippen LogP contribution in [0.25, 0.3) is 0 Å². The molecule has 0 N–H and O–H groups in total. The second kappa shape index (κ2) is 3.29. The van der Waals surface area contributed by atoms with E-state index in [0.29, 0.717) is 6.42 Å². The van der Waals surface area contributed by atoms with E-state index in [1.54, 1.807) is 0 Å². The van der Waals surface area contributed by atoms with Gasteiger partial charge in [-0.25, -0.2) is 0 Å². The van der Waals surface area contributed by atoms with Gasteiger partial charge in [-0.15, -0.1) is 0 Å². The van der Waals surface area contributed by atoms with E-state index in [4.69, 9.17) is 4.74 Å². The number of rotatable bonds is 0. The molecule has 2 rings (SSSR count). The number of hydrogen-bond donors (Lipinski definition) is 0. The highest BCUT2D eigenvalue weighted by Crippen LogP contribution is 2.34. The van der Waals surface area contributed by atoms with Gasteiger partial charge in [0.15, 0.2) is 0 Å². The molecule has 1 heterocycles. The van der Waals surface area contributed by atoms with Gasteiger partial charge >= 0.3 is 5.97 Å². The van der Waals surface area contributed by atoms with Crippen LogP contribution in [0.5, 0.6) is 5.75 Å². The molecule has 0 spiro atoms. The van der Waals surface area contributed by atoms with Gasteiger partial charge in [-0.05, 0) is 46.2 Å². The molecule has 0 aliphatic carbocycles. The fourth-order valence-electron chi connectivity index (χ4n) is 1.53. The van der Waals surface area contributed by atoms with Crippen LogP contribution in [0.4, 0.5) is 0 Å². The third-order valence-corrected chi connectivity index (χ3v) is 2.87. The van der Waals surface area contributed by atoms with Gasteiger partial charge in [-0.1, -0.05) is 13.0 Å². The third-order valence-electron chi connectivity index (χ3n) is 2.20. The van der Waals surface area contributed by atoms with Crippen LogP contribution in [0.2, 0.25) is 0 Å². The third kappa shape index (κ3) is 1.70. The smallest absolute Gasteiger partial charge is 0.311 e. The lowest BCUT2D eigenvalue weighted by Gasteiger charge is -2.21. The molecule has 68 valence electrons. The Kier molecular flexibility index (Phi) is 2.27. The topological polar surface area (TPSA) is 26.3 Å². The van der Waals surface area contributed by atoms with Crippen molar-refractivity contribution in [3.8, 4) is 5.75 Å². The Morgan fingerprint density at radius 3 is 3.08 bits per heavy atom. The van der Waals surface area contributed by atoms with E-state index in [-0.39, 0.29) is 11.9 Å². The lowest BCUT2D eigenvalue weighted by molar-refractivity contribution is -0.135. The van der Waals surface area contributed by atoms with Crippen LogP contribution in [0.1, 0.15) is 24.8 Å². The summed E-state index contributed by atoms with van der Waals surface area (Å²) in [6, 6.07) is 5.98. The monoisotopic (exact) mass is 288 g/mol. The summed E-state index contributed by atoms with van der Waals surface area (Å²) in [5.41, 5.74) is 1.14. The first-order valence-corrected chi connectivity index (χ1v) is 5.25. The van der Waals surface area contributed by atoms with E-state index in [1.807, 2.05) is 25.1 Å². The number of carbonyl (C=O) groups excluding carboxylic acids is 1. The molecule has 1 aromatic carbocycles. The standard InChI is InChI=1S/C10H9IO2/c1-6-4-10(12)13-9-5-7(11)2-3-8(6)9/h2-3,5-6H,4H2,1H3. The van der Waals surface area contributed by atoms with Gasteiger partial charge in [0.1, 0.15) is 5.75 Å². The minimum absolute atomic E-state index is 0.123. The van der Waals surface area contributed by atoms with Crippen molar-refractivity contribution >= 4 is 28.6 Å². The van der Waals surface area contributed by atoms with Crippen LogP contribution in [0.3, 0.4) is 0 Å². The Hall–Kier alpha value is -0.580. The van der Waals surface area contributed by atoms with Crippen LogP contribution >= 0.6 is 22.6 Å². The first-order valence-electron chi connectivity index (χ1n) is 4.17. The van der Waals surface area contributed by atoms with Crippen molar-refractivity contribution in [2.75, 3.05) is 0 Å². The molecule has 0 radical (unpaired) electrons. The minimum Gasteiger partial charge on any atom is -0.426 e. The molecule has 1 aliphatic rings. The summed E-state index contributed by atoms with van der Waals surface area (Å²) >= 11 is 2.21. The van der Waals surface area contributed by atoms with Gasteiger partial charge in [-0.2, -0.15) is 0 Å². The largest absolute Gasteiger partial charge is 0.426 e. The van der Waals surface area contributed by atoms with Crippen LogP contribution in [0.15, 0.2) is 18.2 Å². The highest BCUT2D eigenvalue weighted by atomic mass is 127.